The number of nitrogens with two attached hydrogens (primary N) is 2. The summed E-state index contributed by atoms with van der Waals surface area (Å²) in [6, 6.07) is 17.1. The number of aliphatic hydroxyl groups excluding tert-OH is 3. The van der Waals surface area contributed by atoms with Gasteiger partial charge >= 0.3 is 6.09 Å². The molecule has 0 bridgehead atoms. The molecule has 2 aliphatic heterocycles. The zero-order valence-electron chi connectivity index (χ0n) is 37.1. The van der Waals surface area contributed by atoms with Gasteiger partial charge in [-0.3, -0.25) is 9.59 Å². The zero-order valence-corrected chi connectivity index (χ0v) is 37.8. The molecule has 0 spiro atoms. The summed E-state index contributed by atoms with van der Waals surface area (Å²) in [4.78, 5) is 52.4. The molecular formula is C46H67ClN8O9. The van der Waals surface area contributed by atoms with Crippen LogP contribution in [0.4, 0.5) is 16.4 Å². The molecule has 64 heavy (non-hydrogen) atoms. The lowest BCUT2D eigenvalue weighted by atomic mass is 9.93. The van der Waals surface area contributed by atoms with Crippen LogP contribution in [0.15, 0.2) is 54.6 Å². The number of carbonyl (C=O) groups is 3. The summed E-state index contributed by atoms with van der Waals surface area (Å²) in [7, 11) is 0. The van der Waals surface area contributed by atoms with Crippen LogP contribution in [0.2, 0.25) is 5.15 Å². The third-order valence-electron chi connectivity index (χ3n) is 12.2. The highest BCUT2D eigenvalue weighted by atomic mass is 35.5. The van der Waals surface area contributed by atoms with Gasteiger partial charge in [0.1, 0.15) is 18.3 Å². The number of aryl methyl sites for hydroxylation is 1. The third kappa shape index (κ3) is 15.0. The van der Waals surface area contributed by atoms with Crippen molar-refractivity contribution in [3.8, 4) is 0 Å². The van der Waals surface area contributed by atoms with Gasteiger partial charge in [0, 0.05) is 51.3 Å². The second-order valence-corrected chi connectivity index (χ2v) is 17.5. The molecule has 3 heterocycles. The van der Waals surface area contributed by atoms with Gasteiger partial charge in [0.15, 0.2) is 28.8 Å². The number of halogens is 1. The van der Waals surface area contributed by atoms with Gasteiger partial charge in [0.05, 0.1) is 12.7 Å². The summed E-state index contributed by atoms with van der Waals surface area (Å²) >= 11 is 6.00. The molecule has 18 heteroatoms. The fourth-order valence-corrected chi connectivity index (χ4v) is 8.53. The van der Waals surface area contributed by atoms with Crippen LogP contribution < -0.4 is 16.8 Å². The lowest BCUT2D eigenvalue weighted by Gasteiger charge is -2.38. The van der Waals surface area contributed by atoms with Gasteiger partial charge in [-0.1, -0.05) is 92.4 Å². The fourth-order valence-electron chi connectivity index (χ4n) is 8.41. The number of carbonyl (C=O) groups excluding carboxylic acids is 2. The van der Waals surface area contributed by atoms with Crippen LogP contribution in [0.1, 0.15) is 91.8 Å². The van der Waals surface area contributed by atoms with Gasteiger partial charge in [0.25, 0.3) is 5.91 Å². The first-order valence-electron chi connectivity index (χ1n) is 22.5. The molecule has 3 unspecified atom stereocenters. The van der Waals surface area contributed by atoms with Crippen molar-refractivity contribution in [2.75, 3.05) is 70.4 Å². The first-order chi connectivity index (χ1) is 30.7. The number of ether oxygens (including phenoxy) is 2. The lowest BCUT2D eigenvalue weighted by Crippen LogP contribution is -2.54. The van der Waals surface area contributed by atoms with Gasteiger partial charge < -0.3 is 61.4 Å². The summed E-state index contributed by atoms with van der Waals surface area (Å²) in [6.45, 7) is 7.04. The molecule has 5 rings (SSSR count). The Morgan fingerprint density at radius 2 is 1.66 bits per heavy atom. The Morgan fingerprint density at radius 3 is 2.36 bits per heavy atom. The first-order valence-corrected chi connectivity index (χ1v) is 22.9. The van der Waals surface area contributed by atoms with Crippen LogP contribution >= 0.6 is 11.6 Å². The maximum Gasteiger partial charge on any atom is 0.407 e. The van der Waals surface area contributed by atoms with Gasteiger partial charge in [0.2, 0.25) is 5.91 Å². The van der Waals surface area contributed by atoms with E-state index >= 15 is 0 Å². The molecule has 0 aliphatic carbocycles. The number of hydrogen-bond donors (Lipinski definition) is 7. The SMILES string of the molecule is CCCCCCN(CCCC(=O)N1CCC(CN(CC(CNC(=O)c2nc(Cl)c(N)nc2N)Cc2ccccc2C)C(=O)O)CC1)CC(O)C(O)[C@@H]1O[C@H](c2ccccc2)OC[C@H]1O. The fraction of sp³-hybridized carbons (Fsp3) is 0.587. The van der Waals surface area contributed by atoms with Gasteiger partial charge in [-0.15, -0.1) is 0 Å². The molecule has 3 amide bonds. The van der Waals surface area contributed by atoms with Crippen molar-refractivity contribution in [1.29, 1.82) is 0 Å². The number of nitrogens with one attached hydrogen (secondary N) is 1. The van der Waals surface area contributed by atoms with Crippen molar-refractivity contribution in [2.24, 2.45) is 11.8 Å². The van der Waals surface area contributed by atoms with Gasteiger partial charge in [-0.2, -0.15) is 0 Å². The van der Waals surface area contributed by atoms with Gasteiger partial charge in [-0.05, 0) is 75.1 Å². The summed E-state index contributed by atoms with van der Waals surface area (Å²) in [5.41, 5.74) is 14.2. The minimum absolute atomic E-state index is 0.0208. The Labute approximate surface area is 381 Å². The van der Waals surface area contributed by atoms with Crippen molar-refractivity contribution in [3.63, 3.8) is 0 Å². The number of nitrogens with zero attached hydrogens (tertiary/aromatic N) is 5. The molecule has 0 radical (unpaired) electrons. The molecule has 17 nitrogen and oxygen atoms in total. The van der Waals surface area contributed by atoms with Crippen molar-refractivity contribution < 1.29 is 44.3 Å². The molecule has 0 saturated carbocycles. The Bertz CT molecular complexity index is 1940. The number of likely N-dealkylation sites (tertiary alicyclic amines) is 1. The number of carboxylic acid groups (broad SMARTS) is 1. The molecule has 3 aromatic rings. The number of hydrogen-bond acceptors (Lipinski definition) is 13. The molecule has 2 aromatic carbocycles. The number of piperidine rings is 1. The monoisotopic (exact) mass is 910 g/mol. The predicted octanol–water partition coefficient (Wildman–Crippen LogP) is 4.27. The highest BCUT2D eigenvalue weighted by molar-refractivity contribution is 6.31. The van der Waals surface area contributed by atoms with Crippen LogP contribution in [0, 0.1) is 18.8 Å². The van der Waals surface area contributed by atoms with Crippen LogP contribution in [0.3, 0.4) is 0 Å². The summed E-state index contributed by atoms with van der Waals surface area (Å²) in [5.74, 6) is -1.11. The van der Waals surface area contributed by atoms with Crippen LogP contribution in [0.5, 0.6) is 0 Å². The van der Waals surface area contributed by atoms with E-state index in [4.69, 9.17) is 32.5 Å². The van der Waals surface area contributed by atoms with E-state index in [9.17, 15) is 34.8 Å². The third-order valence-corrected chi connectivity index (χ3v) is 12.4. The summed E-state index contributed by atoms with van der Waals surface area (Å²) in [5, 5.41) is 46.1. The maximum atomic E-state index is 13.5. The molecule has 6 atom stereocenters. The number of benzene rings is 2. The second-order valence-electron chi connectivity index (χ2n) is 17.1. The van der Waals surface area contributed by atoms with Gasteiger partial charge in [-0.25, -0.2) is 14.8 Å². The van der Waals surface area contributed by atoms with E-state index in [0.29, 0.717) is 58.3 Å². The largest absolute Gasteiger partial charge is 0.465 e. The summed E-state index contributed by atoms with van der Waals surface area (Å²) in [6.07, 6.45) is 0.163. The number of aliphatic hydroxyl groups is 3. The van der Waals surface area contributed by atoms with Crippen LogP contribution in [-0.4, -0.2) is 146 Å². The number of aromatic nitrogens is 2. The molecule has 352 valence electrons. The normalized spacial score (nSPS) is 19.5. The molecule has 2 fully saturated rings. The number of unbranched alkanes of at least 4 members (excludes halogenated alkanes) is 3. The average Bonchev–Trinajstić information content (AvgIpc) is 3.28. The average molecular weight is 912 g/mol. The molecule has 9 N–H and O–H groups in total. The van der Waals surface area contributed by atoms with Crippen molar-refractivity contribution in [3.05, 3.63) is 82.1 Å². The van der Waals surface area contributed by atoms with E-state index in [1.165, 1.54) is 4.90 Å². The molecule has 2 saturated heterocycles. The minimum Gasteiger partial charge on any atom is -0.465 e. The number of anilines is 2. The van der Waals surface area contributed by atoms with Crippen molar-refractivity contribution >= 4 is 41.1 Å². The Morgan fingerprint density at radius 1 is 0.953 bits per heavy atom. The molecule has 2 aliphatic rings. The van der Waals surface area contributed by atoms with E-state index in [-0.39, 0.29) is 73.0 Å². The van der Waals surface area contributed by atoms with E-state index in [1.807, 2.05) is 66.4 Å². The second kappa shape index (κ2) is 25.2. The standard InChI is InChI=1S/C46H67ClN8O9/c1-3-4-5-11-20-53(28-35(56)39(59)40-36(57)29-63-45(64-40)33-14-7-6-8-15-33)21-12-17-37(58)54-22-18-31(19-23-54)26-55(46(61)62)27-32(24-34-16-10-9-13-30(34)2)25-50-44(60)38-42(48)52-43(49)41(47)51-38/h6-10,13-16,31-32,35-36,39-40,45,56-57,59H,3-5,11-12,17-29H2,1-2H3,(H,50,60)(H,61,62)(H4,48,49,52)/t32?,35?,36-,39?,40-,45-/m1/s1. The molecular weight excluding hydrogens is 844 g/mol. The van der Waals surface area contributed by atoms with E-state index in [2.05, 4.69) is 27.1 Å². The Hall–Kier alpha value is -4.62. The summed E-state index contributed by atoms with van der Waals surface area (Å²) < 4.78 is 11.6. The number of rotatable bonds is 23. The van der Waals surface area contributed by atoms with E-state index < -0.39 is 42.7 Å². The Kier molecular flexibility index (Phi) is 19.8. The smallest absolute Gasteiger partial charge is 0.407 e. The highest BCUT2D eigenvalue weighted by Crippen LogP contribution is 2.29. The van der Waals surface area contributed by atoms with Crippen LogP contribution in [0.25, 0.3) is 0 Å². The molecule has 1 aromatic heterocycles. The van der Waals surface area contributed by atoms with Crippen LogP contribution in [-0.2, 0) is 20.7 Å². The number of amides is 3. The first kappa shape index (κ1) is 50.4. The maximum absolute atomic E-state index is 13.5. The van der Waals surface area contributed by atoms with E-state index in [1.54, 1.807) is 0 Å². The predicted molar refractivity (Wildman–Crippen MR) is 243 cm³/mol. The van der Waals surface area contributed by atoms with E-state index in [0.717, 1.165) is 42.4 Å². The minimum atomic E-state index is -1.36. The lowest BCUT2D eigenvalue weighted by molar-refractivity contribution is -0.283. The number of nitrogen functional groups attached to an aromatic ring is 2. The zero-order chi connectivity index (χ0) is 46.2. The highest BCUT2D eigenvalue weighted by Gasteiger charge is 2.40. The van der Waals surface area contributed by atoms with Crippen molar-refractivity contribution in [2.45, 2.75) is 102 Å². The topological polar surface area (TPSA) is 250 Å². The Balaban J connectivity index is 1.11. The quantitative estimate of drug-likeness (QED) is 0.0657. The van der Waals surface area contributed by atoms with Crippen molar-refractivity contribution in [1.82, 2.24) is 30.0 Å².